The monoisotopic (exact) mass is 725 g/mol. The Morgan fingerprint density at radius 2 is 1.61 bits per heavy atom. The van der Waals surface area contributed by atoms with E-state index in [9.17, 15) is 9.59 Å². The van der Waals surface area contributed by atoms with Crippen molar-refractivity contribution in [2.24, 2.45) is 11.7 Å². The maximum Gasteiger partial charge on any atom is 0.405 e. The number of fused-ring (bicyclic) bond motifs is 6. The minimum Gasteiger partial charge on any atom is -0.431 e. The van der Waals surface area contributed by atoms with Gasteiger partial charge >= 0.3 is 6.09 Å². The van der Waals surface area contributed by atoms with Crippen LogP contribution in [0, 0.1) is 5.92 Å². The number of carbonyl (C=O) groups excluding carboxylic acids is 2. The Labute approximate surface area is 309 Å². The van der Waals surface area contributed by atoms with E-state index < -0.39 is 18.1 Å². The van der Waals surface area contributed by atoms with Gasteiger partial charge < -0.3 is 30.7 Å². The topological polar surface area (TPSA) is 142 Å². The number of H-pyrrole nitrogens is 2. The molecule has 0 radical (unpaired) electrons. The second-order valence-corrected chi connectivity index (χ2v) is 14.9. The number of benzene rings is 4. The molecule has 54 heavy (non-hydrogen) atoms. The van der Waals surface area contributed by atoms with E-state index in [0.717, 1.165) is 55.6 Å². The lowest BCUT2D eigenvalue weighted by Crippen LogP contribution is -2.44. The number of likely N-dealkylation sites (tertiary alicyclic amines) is 1. The standard InChI is InChI=1S/C42H37F2N7O3/c43-42(44)30-18-23(9-13-28(30)29-14-10-25(19-31(29)42)35-21-47-38(50-35)33-7-4-16-46-33)24-11-15-32-34(20-24)49-39(48-32)36-26-8-12-27(17-26)51(36)40(52)37(54-41(45)53)22-5-2-1-3-6-22/h1-3,5-6,9-11,13-15,18-21,26-27,33,36-37,46H,4,7-8,12,16-17H2,(H2,45,53)(H,47,50)(H,48,49)/t26-,27-,33?,36+,37?/m1/s1. The van der Waals surface area contributed by atoms with Gasteiger partial charge in [0.25, 0.3) is 11.8 Å². The first-order valence-corrected chi connectivity index (χ1v) is 18.5. The largest absolute Gasteiger partial charge is 0.431 e. The van der Waals surface area contributed by atoms with Crippen LogP contribution in [-0.4, -0.2) is 49.4 Å². The maximum absolute atomic E-state index is 16.3. The number of nitrogens with one attached hydrogen (secondary N) is 3. The SMILES string of the molecule is NC(=O)OC(C(=O)N1[C@@H]2CC[C@H](C2)[C@H]1c1nc2ccc(-c3ccc4c(c3)C(F)(F)c3cc(-c5cnc(C6CCCN6)[nH]5)ccc3-4)cc2[nH]1)c1ccccc1. The summed E-state index contributed by atoms with van der Waals surface area (Å²) in [5, 5.41) is 3.42. The van der Waals surface area contributed by atoms with Crippen molar-refractivity contribution < 1.29 is 23.1 Å². The molecule has 10 nitrogen and oxygen atoms in total. The van der Waals surface area contributed by atoms with Crippen LogP contribution in [0.4, 0.5) is 13.6 Å². The number of imidazole rings is 2. The first-order valence-electron chi connectivity index (χ1n) is 18.5. The quantitative estimate of drug-likeness (QED) is 0.131. The Bertz CT molecular complexity index is 2450. The van der Waals surface area contributed by atoms with Crippen molar-refractivity contribution in [2.75, 3.05) is 6.54 Å². The van der Waals surface area contributed by atoms with E-state index in [2.05, 4.69) is 20.3 Å². The number of nitrogens with zero attached hydrogens (tertiary/aromatic N) is 3. The number of aromatic amines is 2. The summed E-state index contributed by atoms with van der Waals surface area (Å²) >= 11 is 0. The molecule has 1 saturated carbocycles. The van der Waals surface area contributed by atoms with E-state index in [1.807, 2.05) is 41.3 Å². The molecule has 4 aliphatic rings. The van der Waals surface area contributed by atoms with E-state index in [1.165, 1.54) is 0 Å². The van der Waals surface area contributed by atoms with Crippen molar-refractivity contribution in [3.05, 3.63) is 119 Å². The number of ether oxygens (including phenoxy) is 1. The second-order valence-electron chi connectivity index (χ2n) is 14.9. The summed E-state index contributed by atoms with van der Waals surface area (Å²) in [4.78, 5) is 44.1. The van der Waals surface area contributed by atoms with Gasteiger partial charge in [-0.1, -0.05) is 60.7 Å². The van der Waals surface area contributed by atoms with Gasteiger partial charge in [-0.3, -0.25) is 4.79 Å². The number of carbonyl (C=O) groups is 2. The number of hydrogen-bond donors (Lipinski definition) is 4. The first kappa shape index (κ1) is 32.7. The molecule has 2 saturated heterocycles. The minimum absolute atomic E-state index is 0.0153. The van der Waals surface area contributed by atoms with Crippen molar-refractivity contribution in [1.29, 1.82) is 0 Å². The number of amides is 2. The Balaban J connectivity index is 0.943. The molecule has 2 unspecified atom stereocenters. The summed E-state index contributed by atoms with van der Waals surface area (Å²) in [5.74, 6) is -1.86. The summed E-state index contributed by atoms with van der Waals surface area (Å²) in [6.45, 7) is 0.942. The molecule has 5 atom stereocenters. The fraction of sp³-hybridized carbons (Fsp3) is 0.286. The number of aromatic nitrogens is 4. The van der Waals surface area contributed by atoms with Gasteiger partial charge in [0, 0.05) is 28.3 Å². The maximum atomic E-state index is 16.3. The van der Waals surface area contributed by atoms with Crippen LogP contribution in [0.2, 0.25) is 0 Å². The fourth-order valence-corrected chi connectivity index (χ4v) is 9.30. The fourth-order valence-electron chi connectivity index (χ4n) is 9.30. The number of nitrogens with two attached hydrogens (primary N) is 1. The van der Waals surface area contributed by atoms with Gasteiger partial charge in [0.1, 0.15) is 11.6 Å². The smallest absolute Gasteiger partial charge is 0.405 e. The van der Waals surface area contributed by atoms with E-state index >= 15 is 8.78 Å². The molecule has 10 rings (SSSR count). The number of alkyl halides is 2. The van der Waals surface area contributed by atoms with Crippen LogP contribution >= 0.6 is 0 Å². The van der Waals surface area contributed by atoms with Gasteiger partial charge in [-0.05, 0) is 91.1 Å². The predicted octanol–water partition coefficient (Wildman–Crippen LogP) is 8.05. The van der Waals surface area contributed by atoms with Crippen molar-refractivity contribution >= 4 is 23.0 Å². The average molecular weight is 726 g/mol. The zero-order chi connectivity index (χ0) is 36.7. The van der Waals surface area contributed by atoms with Crippen LogP contribution in [-0.2, 0) is 15.5 Å². The molecule has 6 aromatic rings. The van der Waals surface area contributed by atoms with E-state index in [1.54, 1.807) is 54.7 Å². The van der Waals surface area contributed by atoms with Gasteiger partial charge in [0.2, 0.25) is 6.10 Å². The molecule has 12 heteroatoms. The Hall–Kier alpha value is -5.88. The molecule has 2 amide bonds. The molecule has 4 heterocycles. The van der Waals surface area contributed by atoms with Crippen LogP contribution in [0.1, 0.15) is 78.6 Å². The predicted molar refractivity (Wildman–Crippen MR) is 198 cm³/mol. The molecule has 4 aromatic carbocycles. The van der Waals surface area contributed by atoms with E-state index in [-0.39, 0.29) is 41.1 Å². The highest BCUT2D eigenvalue weighted by Crippen LogP contribution is 2.53. The Morgan fingerprint density at radius 1 is 0.870 bits per heavy atom. The Morgan fingerprint density at radius 3 is 2.37 bits per heavy atom. The lowest BCUT2D eigenvalue weighted by atomic mass is 9.97. The third-order valence-electron chi connectivity index (χ3n) is 11.8. The molecular weight excluding hydrogens is 689 g/mol. The molecule has 2 bridgehead atoms. The van der Waals surface area contributed by atoms with Gasteiger partial charge in [0.05, 0.1) is 35.0 Å². The second kappa shape index (κ2) is 12.3. The molecule has 272 valence electrons. The van der Waals surface area contributed by atoms with Crippen molar-refractivity contribution in [2.45, 2.75) is 62.3 Å². The third kappa shape index (κ3) is 5.22. The molecule has 2 aliphatic carbocycles. The molecule has 5 N–H and O–H groups in total. The number of hydrogen-bond acceptors (Lipinski definition) is 6. The number of halogens is 2. The molecule has 0 spiro atoms. The van der Waals surface area contributed by atoms with E-state index in [0.29, 0.717) is 44.9 Å². The Kier molecular flexibility index (Phi) is 7.48. The van der Waals surface area contributed by atoms with E-state index in [4.69, 9.17) is 15.5 Å². The van der Waals surface area contributed by atoms with Crippen LogP contribution in [0.15, 0.2) is 91.1 Å². The zero-order valence-electron chi connectivity index (χ0n) is 29.2. The molecule has 2 aliphatic heterocycles. The van der Waals surface area contributed by atoms with Gasteiger partial charge in [-0.15, -0.1) is 0 Å². The van der Waals surface area contributed by atoms with Crippen LogP contribution in [0.3, 0.4) is 0 Å². The summed E-state index contributed by atoms with van der Waals surface area (Å²) in [7, 11) is 0. The van der Waals surface area contributed by atoms with Crippen molar-refractivity contribution in [1.82, 2.24) is 30.2 Å². The number of primary amides is 1. The molecular formula is C42H37F2N7O3. The van der Waals surface area contributed by atoms with Gasteiger partial charge in [0.15, 0.2) is 0 Å². The molecule has 3 fully saturated rings. The normalized spacial score (nSPS) is 22.7. The van der Waals surface area contributed by atoms with Crippen molar-refractivity contribution in [3.63, 3.8) is 0 Å². The van der Waals surface area contributed by atoms with Gasteiger partial charge in [-0.2, -0.15) is 8.78 Å². The lowest BCUT2D eigenvalue weighted by molar-refractivity contribution is -0.145. The highest BCUT2D eigenvalue weighted by atomic mass is 19.3. The average Bonchev–Trinajstić information content (AvgIpc) is 4.05. The third-order valence-corrected chi connectivity index (χ3v) is 11.8. The summed E-state index contributed by atoms with van der Waals surface area (Å²) in [6, 6.07) is 24.8. The lowest BCUT2D eigenvalue weighted by Gasteiger charge is -2.36. The first-order chi connectivity index (χ1) is 26.2. The van der Waals surface area contributed by atoms with Crippen molar-refractivity contribution in [3.8, 4) is 33.5 Å². The molecule has 2 aromatic heterocycles. The summed E-state index contributed by atoms with van der Waals surface area (Å²) < 4.78 is 38.0. The minimum atomic E-state index is -3.19. The summed E-state index contributed by atoms with van der Waals surface area (Å²) in [5.41, 5.74) is 11.2. The summed E-state index contributed by atoms with van der Waals surface area (Å²) in [6.07, 6.45) is 4.23. The highest BCUT2D eigenvalue weighted by Gasteiger charge is 2.52. The highest BCUT2D eigenvalue weighted by molar-refractivity contribution is 5.88. The number of piperidine rings is 1. The van der Waals surface area contributed by atoms with Gasteiger partial charge in [-0.25, -0.2) is 14.8 Å². The number of rotatable bonds is 7. The van der Waals surface area contributed by atoms with Crippen LogP contribution in [0.25, 0.3) is 44.5 Å². The van der Waals surface area contributed by atoms with Crippen LogP contribution in [0.5, 0.6) is 0 Å². The zero-order valence-corrected chi connectivity index (χ0v) is 29.2. The van der Waals surface area contributed by atoms with Crippen LogP contribution < -0.4 is 11.1 Å².